The normalized spacial score (nSPS) is 11.4. The summed E-state index contributed by atoms with van der Waals surface area (Å²) in [7, 11) is 2.97. The predicted molar refractivity (Wildman–Crippen MR) is 93.8 cm³/mol. The molecule has 2 aromatic rings. The summed E-state index contributed by atoms with van der Waals surface area (Å²) >= 11 is 0. The molecule has 0 aromatic heterocycles. The number of halogens is 2. The van der Waals surface area contributed by atoms with Gasteiger partial charge in [-0.15, -0.1) is 0 Å². The molecule has 27 heavy (non-hydrogen) atoms. The quantitative estimate of drug-likeness (QED) is 0.749. The Balaban J connectivity index is 1.96. The van der Waals surface area contributed by atoms with E-state index in [1.807, 2.05) is 0 Å². The highest BCUT2D eigenvalue weighted by molar-refractivity contribution is 5.95. The number of benzene rings is 2. The van der Waals surface area contributed by atoms with Crippen molar-refractivity contribution in [2.45, 2.75) is 19.4 Å². The molecule has 0 aliphatic heterocycles. The maximum Gasteiger partial charge on any atom is 0.311 e. The molecule has 0 bridgehead atoms. The minimum absolute atomic E-state index is 0.0543. The van der Waals surface area contributed by atoms with Crippen molar-refractivity contribution in [3.05, 3.63) is 53.6 Å². The molecule has 0 radical (unpaired) electrons. The van der Waals surface area contributed by atoms with Gasteiger partial charge in [-0.05, 0) is 25.1 Å². The van der Waals surface area contributed by atoms with E-state index in [0.717, 1.165) is 12.1 Å². The highest BCUT2D eigenvalue weighted by Crippen LogP contribution is 2.25. The summed E-state index contributed by atoms with van der Waals surface area (Å²) < 4.78 is 41.5. The second-order valence-corrected chi connectivity index (χ2v) is 5.60. The largest absolute Gasteiger partial charge is 0.497 e. The van der Waals surface area contributed by atoms with E-state index in [1.54, 1.807) is 18.2 Å². The van der Waals surface area contributed by atoms with Crippen LogP contribution < -0.4 is 14.8 Å². The molecule has 0 aliphatic rings. The lowest BCUT2D eigenvalue weighted by Gasteiger charge is -2.15. The molecule has 1 atom stereocenters. The molecule has 0 fully saturated rings. The molecule has 2 aromatic carbocycles. The molecule has 1 amide bonds. The zero-order valence-corrected chi connectivity index (χ0v) is 15.0. The van der Waals surface area contributed by atoms with Crippen LogP contribution in [0, 0.1) is 11.6 Å². The number of rotatable bonds is 7. The summed E-state index contributed by atoms with van der Waals surface area (Å²) in [4.78, 5) is 24.2. The van der Waals surface area contributed by atoms with E-state index in [4.69, 9.17) is 14.2 Å². The van der Waals surface area contributed by atoms with Crippen molar-refractivity contribution in [2.75, 3.05) is 19.5 Å². The molecule has 0 saturated carbocycles. The number of nitrogens with one attached hydrogen (secondary N) is 1. The average molecular weight is 379 g/mol. The lowest BCUT2D eigenvalue weighted by Crippen LogP contribution is -2.30. The van der Waals surface area contributed by atoms with Gasteiger partial charge in [-0.2, -0.15) is 0 Å². The van der Waals surface area contributed by atoms with Gasteiger partial charge in [0.05, 0.1) is 20.6 Å². The molecule has 0 heterocycles. The Morgan fingerprint density at radius 2 is 1.78 bits per heavy atom. The highest BCUT2D eigenvalue weighted by Gasteiger charge is 2.20. The molecule has 0 aliphatic carbocycles. The van der Waals surface area contributed by atoms with Gasteiger partial charge in [0, 0.05) is 23.4 Å². The number of carbonyl (C=O) groups excluding carboxylic acids is 2. The topological polar surface area (TPSA) is 73.9 Å². The molecule has 0 spiro atoms. The van der Waals surface area contributed by atoms with Crippen molar-refractivity contribution >= 4 is 17.6 Å². The Labute approximate surface area is 155 Å². The van der Waals surface area contributed by atoms with Gasteiger partial charge >= 0.3 is 5.97 Å². The Hall–Kier alpha value is -3.16. The smallest absolute Gasteiger partial charge is 0.311 e. The molecule has 8 heteroatoms. The van der Waals surface area contributed by atoms with Crippen LogP contribution in [0.4, 0.5) is 14.5 Å². The van der Waals surface area contributed by atoms with E-state index in [2.05, 4.69) is 5.32 Å². The first-order chi connectivity index (χ1) is 12.8. The zero-order chi connectivity index (χ0) is 20.0. The van der Waals surface area contributed by atoms with Crippen LogP contribution >= 0.6 is 0 Å². The Morgan fingerprint density at radius 1 is 1.04 bits per heavy atom. The molecule has 6 nitrogen and oxygen atoms in total. The van der Waals surface area contributed by atoms with Crippen LogP contribution in [-0.4, -0.2) is 32.2 Å². The monoisotopic (exact) mass is 379 g/mol. The number of methoxy groups -OCH3 is 2. The third-order valence-electron chi connectivity index (χ3n) is 3.69. The first kappa shape index (κ1) is 20.2. The van der Waals surface area contributed by atoms with Crippen molar-refractivity contribution in [1.29, 1.82) is 0 Å². The SMILES string of the molecule is COc1ccc(CC(=O)O[C@@H](C)C(=O)Nc2ccc(F)c(F)c2)c(OC)c1. The molecule has 0 saturated heterocycles. The van der Waals surface area contributed by atoms with E-state index in [1.165, 1.54) is 27.2 Å². The van der Waals surface area contributed by atoms with Crippen LogP contribution in [0.15, 0.2) is 36.4 Å². The van der Waals surface area contributed by atoms with Gasteiger partial charge in [0.2, 0.25) is 0 Å². The van der Waals surface area contributed by atoms with Crippen LogP contribution in [0.1, 0.15) is 12.5 Å². The van der Waals surface area contributed by atoms with Crippen LogP contribution in [0.3, 0.4) is 0 Å². The van der Waals surface area contributed by atoms with Gasteiger partial charge in [-0.1, -0.05) is 6.07 Å². The lowest BCUT2D eigenvalue weighted by molar-refractivity contribution is -0.152. The number of esters is 1. The summed E-state index contributed by atoms with van der Waals surface area (Å²) in [5.41, 5.74) is 0.620. The first-order valence-corrected chi connectivity index (χ1v) is 8.00. The van der Waals surface area contributed by atoms with Gasteiger partial charge in [0.15, 0.2) is 17.7 Å². The molecule has 144 valence electrons. The Morgan fingerprint density at radius 3 is 2.41 bits per heavy atom. The number of hydrogen-bond donors (Lipinski definition) is 1. The van der Waals surface area contributed by atoms with E-state index >= 15 is 0 Å². The molecular formula is C19H19F2NO5. The van der Waals surface area contributed by atoms with Crippen LogP contribution in [0.2, 0.25) is 0 Å². The van der Waals surface area contributed by atoms with Crippen molar-refractivity contribution < 1.29 is 32.6 Å². The molecule has 0 unspecified atom stereocenters. The van der Waals surface area contributed by atoms with Gasteiger partial charge in [-0.3, -0.25) is 9.59 Å². The van der Waals surface area contributed by atoms with Crippen molar-refractivity contribution in [2.24, 2.45) is 0 Å². The fourth-order valence-corrected chi connectivity index (χ4v) is 2.26. The first-order valence-electron chi connectivity index (χ1n) is 8.00. The standard InChI is InChI=1S/C19H19F2NO5/c1-11(19(24)22-13-5-7-15(20)16(21)9-13)27-18(23)8-12-4-6-14(25-2)10-17(12)26-3/h4-7,9-11H,8H2,1-3H3,(H,22,24)/t11-/m0/s1. The van der Waals surface area contributed by atoms with Gasteiger partial charge in [0.25, 0.3) is 5.91 Å². The van der Waals surface area contributed by atoms with Crippen molar-refractivity contribution in [1.82, 2.24) is 0 Å². The summed E-state index contributed by atoms with van der Waals surface area (Å²) in [5.74, 6) is -2.42. The second-order valence-electron chi connectivity index (χ2n) is 5.60. The zero-order valence-electron chi connectivity index (χ0n) is 15.0. The lowest BCUT2D eigenvalue weighted by atomic mass is 10.1. The number of carbonyl (C=O) groups is 2. The number of ether oxygens (including phenoxy) is 3. The predicted octanol–water partition coefficient (Wildman–Crippen LogP) is 3.09. The summed E-state index contributed by atoms with van der Waals surface area (Å²) in [6.45, 7) is 1.37. The summed E-state index contributed by atoms with van der Waals surface area (Å²) in [6.07, 6.45) is -1.24. The Kier molecular flexibility index (Phi) is 6.70. The fourth-order valence-electron chi connectivity index (χ4n) is 2.26. The summed E-state index contributed by atoms with van der Waals surface area (Å²) in [5, 5.41) is 2.35. The van der Waals surface area contributed by atoms with Crippen molar-refractivity contribution in [3.8, 4) is 11.5 Å². The van der Waals surface area contributed by atoms with E-state index in [9.17, 15) is 18.4 Å². The second kappa shape index (κ2) is 8.98. The third-order valence-corrected chi connectivity index (χ3v) is 3.69. The van der Waals surface area contributed by atoms with Crippen LogP contribution in [0.25, 0.3) is 0 Å². The van der Waals surface area contributed by atoms with Crippen LogP contribution in [-0.2, 0) is 20.7 Å². The Bertz CT molecular complexity index is 841. The van der Waals surface area contributed by atoms with Gasteiger partial charge in [0.1, 0.15) is 11.5 Å². The fraction of sp³-hybridized carbons (Fsp3) is 0.263. The maximum atomic E-state index is 13.2. The maximum absolute atomic E-state index is 13.2. The van der Waals surface area contributed by atoms with E-state index in [0.29, 0.717) is 17.1 Å². The van der Waals surface area contributed by atoms with E-state index < -0.39 is 29.6 Å². The number of anilines is 1. The third kappa shape index (κ3) is 5.40. The van der Waals surface area contributed by atoms with Gasteiger partial charge in [-0.25, -0.2) is 8.78 Å². The number of hydrogen-bond acceptors (Lipinski definition) is 5. The molecular weight excluding hydrogens is 360 g/mol. The minimum atomic E-state index is -1.13. The van der Waals surface area contributed by atoms with Crippen molar-refractivity contribution in [3.63, 3.8) is 0 Å². The van der Waals surface area contributed by atoms with Crippen LogP contribution in [0.5, 0.6) is 11.5 Å². The highest BCUT2D eigenvalue weighted by atomic mass is 19.2. The number of amides is 1. The molecule has 2 rings (SSSR count). The molecule has 1 N–H and O–H groups in total. The summed E-state index contributed by atoms with van der Waals surface area (Å²) in [6, 6.07) is 7.88. The average Bonchev–Trinajstić information content (AvgIpc) is 2.64. The van der Waals surface area contributed by atoms with Gasteiger partial charge < -0.3 is 19.5 Å². The van der Waals surface area contributed by atoms with E-state index in [-0.39, 0.29) is 12.1 Å². The minimum Gasteiger partial charge on any atom is -0.497 e.